The second-order valence-corrected chi connectivity index (χ2v) is 16.2. The van der Waals surface area contributed by atoms with Gasteiger partial charge in [-0.25, -0.2) is 0 Å². The van der Waals surface area contributed by atoms with Crippen LogP contribution in [-0.4, -0.2) is 35.7 Å². The van der Waals surface area contributed by atoms with E-state index < -0.39 is 22.7 Å². The first-order valence-corrected chi connectivity index (χ1v) is 15.2. The molecule has 2 aliphatic heterocycles. The van der Waals surface area contributed by atoms with Crippen molar-refractivity contribution in [2.45, 2.75) is 131 Å². The second kappa shape index (κ2) is 7.06. The molecule has 0 N–H and O–H groups in total. The van der Waals surface area contributed by atoms with Gasteiger partial charge >= 0.3 is 11.9 Å². The smallest absolute Gasteiger partial charge is 0.313 e. The summed E-state index contributed by atoms with van der Waals surface area (Å²) in [5.74, 6) is 0.736. The van der Waals surface area contributed by atoms with Gasteiger partial charge in [-0.3, -0.25) is 14.4 Å². The van der Waals surface area contributed by atoms with Crippen LogP contribution in [0.3, 0.4) is 0 Å². The molecule has 1 spiro atoms. The van der Waals surface area contributed by atoms with Crippen molar-refractivity contribution in [2.24, 2.45) is 50.2 Å². The van der Waals surface area contributed by atoms with Crippen molar-refractivity contribution in [3.05, 3.63) is 0 Å². The SMILES string of the molecule is CC(=O)OC1O[C@@H]2C[C@@H]3[C@@]4(C)CCC(=O)C(C)(C)[C@@H]4CC[C@@]3(C)[C@@]13CC[C@@]14CCC(C)(C)C[C@H]1[C@@]23OC4=O. The molecule has 6 heteroatoms. The fourth-order valence-corrected chi connectivity index (χ4v) is 12.5. The summed E-state index contributed by atoms with van der Waals surface area (Å²) in [7, 11) is 0. The van der Waals surface area contributed by atoms with Crippen LogP contribution in [0.25, 0.3) is 0 Å². The van der Waals surface area contributed by atoms with Gasteiger partial charge < -0.3 is 14.2 Å². The van der Waals surface area contributed by atoms with Gasteiger partial charge in [-0.05, 0) is 85.9 Å². The number of carbonyl (C=O) groups excluding carboxylic acids is 3. The molecule has 1 unspecified atom stereocenters. The van der Waals surface area contributed by atoms with Gasteiger partial charge in [0.15, 0.2) is 5.60 Å². The van der Waals surface area contributed by atoms with Crippen molar-refractivity contribution in [3.63, 3.8) is 0 Å². The lowest BCUT2D eigenvalue weighted by molar-refractivity contribution is -0.290. The fourth-order valence-electron chi connectivity index (χ4n) is 12.5. The Kier molecular flexibility index (Phi) is 4.75. The van der Waals surface area contributed by atoms with Crippen LogP contribution in [0.5, 0.6) is 0 Å². The first-order chi connectivity index (χ1) is 17.6. The summed E-state index contributed by atoms with van der Waals surface area (Å²) < 4.78 is 19.8. The van der Waals surface area contributed by atoms with Crippen molar-refractivity contribution in [3.8, 4) is 0 Å². The van der Waals surface area contributed by atoms with E-state index in [0.717, 1.165) is 57.8 Å². The van der Waals surface area contributed by atoms with Crippen LogP contribution < -0.4 is 0 Å². The highest BCUT2D eigenvalue weighted by Gasteiger charge is 2.90. The molecule has 6 nitrogen and oxygen atoms in total. The summed E-state index contributed by atoms with van der Waals surface area (Å²) >= 11 is 0. The molecule has 0 radical (unpaired) electrons. The van der Waals surface area contributed by atoms with Gasteiger partial charge in [0.2, 0.25) is 6.29 Å². The molecule has 2 saturated heterocycles. The normalized spacial score (nSPS) is 55.2. The Hall–Kier alpha value is -1.43. The van der Waals surface area contributed by atoms with Crippen molar-refractivity contribution >= 4 is 17.7 Å². The summed E-state index contributed by atoms with van der Waals surface area (Å²) in [6.45, 7) is 15.3. The van der Waals surface area contributed by atoms with Gasteiger partial charge in [0.1, 0.15) is 11.9 Å². The van der Waals surface area contributed by atoms with Crippen LogP contribution in [-0.2, 0) is 28.6 Å². The Labute approximate surface area is 227 Å². The first-order valence-electron chi connectivity index (χ1n) is 15.2. The highest BCUT2D eigenvalue weighted by atomic mass is 16.7. The fraction of sp³-hybridized carbons (Fsp3) is 0.906. The molecule has 5 aliphatic carbocycles. The summed E-state index contributed by atoms with van der Waals surface area (Å²) in [6.07, 6.45) is 7.66. The van der Waals surface area contributed by atoms with Gasteiger partial charge in [-0.1, -0.05) is 41.5 Å². The minimum absolute atomic E-state index is 0.0191. The lowest BCUT2D eigenvalue weighted by Crippen LogP contribution is -2.75. The predicted molar refractivity (Wildman–Crippen MR) is 140 cm³/mol. The molecule has 7 rings (SSSR count). The van der Waals surface area contributed by atoms with Crippen LogP contribution in [0.1, 0.15) is 113 Å². The molecule has 0 aromatic carbocycles. The van der Waals surface area contributed by atoms with Gasteiger partial charge in [-0.2, -0.15) is 0 Å². The van der Waals surface area contributed by atoms with Crippen LogP contribution in [0.4, 0.5) is 0 Å². The van der Waals surface area contributed by atoms with Crippen LogP contribution in [0.2, 0.25) is 0 Å². The van der Waals surface area contributed by atoms with Crippen molar-refractivity contribution in [1.29, 1.82) is 0 Å². The zero-order chi connectivity index (χ0) is 27.3. The third-order valence-electron chi connectivity index (χ3n) is 14.2. The molecule has 38 heavy (non-hydrogen) atoms. The topological polar surface area (TPSA) is 78.9 Å². The molecular formula is C32H46O6. The molecule has 0 aromatic heterocycles. The highest BCUT2D eigenvalue weighted by molar-refractivity contribution is 5.85. The minimum atomic E-state index is -0.755. The molecular weight excluding hydrogens is 480 g/mol. The molecule has 4 bridgehead atoms. The zero-order valence-electron chi connectivity index (χ0n) is 24.4. The van der Waals surface area contributed by atoms with E-state index in [-0.39, 0.29) is 45.6 Å². The van der Waals surface area contributed by atoms with E-state index in [9.17, 15) is 14.4 Å². The molecule has 7 aliphatic rings. The number of hydrogen-bond acceptors (Lipinski definition) is 6. The lowest BCUT2D eigenvalue weighted by atomic mass is 9.30. The number of fused-ring (bicyclic) bond motifs is 3. The summed E-state index contributed by atoms with van der Waals surface area (Å²) in [5, 5.41) is 0. The third kappa shape index (κ3) is 2.51. The standard InChI is InChI=1S/C32H46O6/c1-18(33)36-25-31-15-14-30-13-12-26(2,3)17-21(30)32(31,38-24(30)35)23(37-25)16-20-28(6)10-9-22(34)27(4,5)19(28)8-11-29(20,31)7/h19-21,23,25H,8-17H2,1-7H3/t19-,20+,21+,23+,25?,28-,29+,30-,31+,32+/m0/s1. The average Bonchev–Trinajstić information content (AvgIpc) is 3.11. The largest absolute Gasteiger partial charge is 0.455 e. The number of Topliss-reactive ketones (excluding diaryl/α,β-unsaturated/α-hetero) is 1. The molecule has 5 saturated carbocycles. The van der Waals surface area contributed by atoms with E-state index in [1.165, 1.54) is 6.92 Å². The monoisotopic (exact) mass is 526 g/mol. The lowest BCUT2D eigenvalue weighted by Gasteiger charge is -2.72. The molecule has 0 amide bonds. The molecule has 0 aromatic rings. The Balaban J connectivity index is 1.43. The molecule has 210 valence electrons. The third-order valence-corrected chi connectivity index (χ3v) is 14.2. The molecule has 7 fully saturated rings. The van der Waals surface area contributed by atoms with E-state index in [4.69, 9.17) is 14.2 Å². The Bertz CT molecular complexity index is 1140. The van der Waals surface area contributed by atoms with Crippen LogP contribution in [0, 0.1) is 50.2 Å². The van der Waals surface area contributed by atoms with Gasteiger partial charge in [0.05, 0.1) is 10.8 Å². The van der Waals surface area contributed by atoms with Gasteiger partial charge in [0.25, 0.3) is 0 Å². The van der Waals surface area contributed by atoms with Crippen molar-refractivity contribution in [1.82, 2.24) is 0 Å². The highest BCUT2D eigenvalue weighted by Crippen LogP contribution is 2.84. The maximum atomic E-state index is 14.0. The number of esters is 2. The number of carbonyl (C=O) groups is 3. The van der Waals surface area contributed by atoms with Crippen molar-refractivity contribution in [2.75, 3.05) is 0 Å². The average molecular weight is 527 g/mol. The van der Waals surface area contributed by atoms with Crippen LogP contribution in [0.15, 0.2) is 0 Å². The summed E-state index contributed by atoms with van der Waals surface area (Å²) in [5.41, 5.74) is -2.24. The van der Waals surface area contributed by atoms with E-state index >= 15 is 0 Å². The summed E-state index contributed by atoms with van der Waals surface area (Å²) in [6, 6.07) is 0. The van der Waals surface area contributed by atoms with E-state index in [1.54, 1.807) is 0 Å². The van der Waals surface area contributed by atoms with E-state index in [0.29, 0.717) is 24.0 Å². The van der Waals surface area contributed by atoms with E-state index in [1.807, 2.05) is 0 Å². The first kappa shape index (κ1) is 25.5. The Morgan fingerprint density at radius 2 is 1.61 bits per heavy atom. The van der Waals surface area contributed by atoms with Crippen LogP contribution >= 0.6 is 0 Å². The zero-order valence-corrected chi connectivity index (χ0v) is 24.4. The van der Waals surface area contributed by atoms with Gasteiger partial charge in [-0.15, -0.1) is 0 Å². The maximum Gasteiger partial charge on any atom is 0.313 e. The summed E-state index contributed by atoms with van der Waals surface area (Å²) in [4.78, 5) is 39.6. The minimum Gasteiger partial charge on any atom is -0.455 e. The van der Waals surface area contributed by atoms with Crippen molar-refractivity contribution < 1.29 is 28.6 Å². The predicted octanol–water partition coefficient (Wildman–Crippen LogP) is 5.99. The Morgan fingerprint density at radius 1 is 0.895 bits per heavy atom. The number of hydrogen-bond donors (Lipinski definition) is 0. The number of ketones is 1. The maximum absolute atomic E-state index is 14.0. The number of ether oxygens (including phenoxy) is 3. The second-order valence-electron chi connectivity index (χ2n) is 16.2. The molecule has 2 heterocycles. The quantitative estimate of drug-likeness (QED) is 0.390. The molecule has 10 atom stereocenters. The van der Waals surface area contributed by atoms with Gasteiger partial charge in [0, 0.05) is 24.7 Å². The number of rotatable bonds is 1. The Morgan fingerprint density at radius 3 is 2.32 bits per heavy atom. The van der Waals surface area contributed by atoms with E-state index in [2.05, 4.69) is 41.5 Å².